The number of rotatable bonds is 4. The van der Waals surface area contributed by atoms with Crippen LogP contribution in [0.3, 0.4) is 0 Å². The Bertz CT molecular complexity index is 648. The molecule has 4 heteroatoms. The molecule has 0 unspecified atom stereocenters. The van der Waals surface area contributed by atoms with E-state index in [2.05, 4.69) is 20.8 Å². The van der Waals surface area contributed by atoms with Gasteiger partial charge < -0.3 is 9.53 Å². The molecule has 128 valence electrons. The average Bonchev–Trinajstić information content (AvgIpc) is 2.54. The minimum absolute atomic E-state index is 0.128. The fourth-order valence-electron chi connectivity index (χ4n) is 2.22. The molecule has 0 saturated carbocycles. The van der Waals surface area contributed by atoms with Crippen LogP contribution in [0.5, 0.6) is 0 Å². The van der Waals surface area contributed by atoms with E-state index in [0.29, 0.717) is 11.1 Å². The molecule has 0 aliphatic carbocycles. The maximum absolute atomic E-state index is 13.1. The number of carbonyl (C=O) groups excluding carboxylic acids is 1. The monoisotopic (exact) mass is 342 g/mol. The van der Waals surface area contributed by atoms with Gasteiger partial charge in [0.15, 0.2) is 0 Å². The summed E-state index contributed by atoms with van der Waals surface area (Å²) in [5.41, 5.74) is -0.780. The van der Waals surface area contributed by atoms with Crippen LogP contribution in [-0.4, -0.2) is 19.4 Å². The molecule has 0 aliphatic heterocycles. The summed E-state index contributed by atoms with van der Waals surface area (Å²) in [7, 11) is -2.35. The molecule has 0 heterocycles. The Morgan fingerprint density at radius 2 is 1.25 bits per heavy atom. The van der Waals surface area contributed by atoms with Crippen LogP contribution in [-0.2, 0) is 14.8 Å². The van der Waals surface area contributed by atoms with Crippen molar-refractivity contribution in [2.45, 2.75) is 44.5 Å². The molecule has 2 rings (SSSR count). The number of aliphatic hydroxyl groups is 1. The fraction of sp³-hybridized carbons (Fsp3) is 0.350. The summed E-state index contributed by atoms with van der Waals surface area (Å²) in [6.07, 6.45) is 0. The van der Waals surface area contributed by atoms with Crippen molar-refractivity contribution in [3.8, 4) is 0 Å². The predicted molar refractivity (Wildman–Crippen MR) is 99.2 cm³/mol. The van der Waals surface area contributed by atoms with Gasteiger partial charge >= 0.3 is 5.97 Å². The molecule has 0 radical (unpaired) electrons. The Hall–Kier alpha value is -1.91. The first-order chi connectivity index (χ1) is 11.1. The smallest absolute Gasteiger partial charge is 0.334 e. The van der Waals surface area contributed by atoms with Crippen molar-refractivity contribution in [3.05, 3.63) is 71.8 Å². The highest BCUT2D eigenvalue weighted by Gasteiger charge is 2.47. The Kier molecular flexibility index (Phi) is 5.02. The normalized spacial score (nSPS) is 12.8. The zero-order valence-electron chi connectivity index (χ0n) is 15.0. The summed E-state index contributed by atoms with van der Waals surface area (Å²) < 4.78 is 5.93. The number of hydrogen-bond acceptors (Lipinski definition) is 3. The van der Waals surface area contributed by atoms with Crippen molar-refractivity contribution < 1.29 is 14.3 Å². The van der Waals surface area contributed by atoms with E-state index in [-0.39, 0.29) is 5.04 Å². The second-order valence-electron chi connectivity index (χ2n) is 7.59. The van der Waals surface area contributed by atoms with Gasteiger partial charge in [0.1, 0.15) is 0 Å². The Morgan fingerprint density at radius 1 is 0.875 bits per heavy atom. The van der Waals surface area contributed by atoms with Crippen molar-refractivity contribution in [2.24, 2.45) is 0 Å². The van der Waals surface area contributed by atoms with Gasteiger partial charge in [-0.3, -0.25) is 0 Å². The zero-order chi connectivity index (χ0) is 18.0. The van der Waals surface area contributed by atoms with E-state index in [1.54, 1.807) is 24.3 Å². The van der Waals surface area contributed by atoms with Crippen LogP contribution < -0.4 is 0 Å². The SMILES string of the molecule is CC(C)(C)[Si](C)(C)OC(=O)C(O)(c1ccccc1)c1ccccc1. The zero-order valence-corrected chi connectivity index (χ0v) is 16.0. The molecular formula is C20H26O3Si. The van der Waals surface area contributed by atoms with Crippen molar-refractivity contribution in [1.29, 1.82) is 0 Å². The Morgan fingerprint density at radius 3 is 1.58 bits per heavy atom. The minimum atomic E-state index is -2.35. The summed E-state index contributed by atoms with van der Waals surface area (Å²) in [6, 6.07) is 17.9. The lowest BCUT2D eigenvalue weighted by atomic mass is 9.86. The molecule has 0 spiro atoms. The lowest BCUT2D eigenvalue weighted by Crippen LogP contribution is -2.49. The number of carbonyl (C=O) groups is 1. The maximum atomic E-state index is 13.1. The van der Waals surface area contributed by atoms with E-state index < -0.39 is 19.9 Å². The summed E-state index contributed by atoms with van der Waals surface area (Å²) in [5.74, 6) is -0.605. The lowest BCUT2D eigenvalue weighted by molar-refractivity contribution is -0.153. The van der Waals surface area contributed by atoms with Crippen LogP contribution in [0.25, 0.3) is 0 Å². The highest BCUT2D eigenvalue weighted by atomic mass is 28.4. The molecule has 0 fully saturated rings. The molecule has 2 aromatic rings. The van der Waals surface area contributed by atoms with E-state index >= 15 is 0 Å². The van der Waals surface area contributed by atoms with Gasteiger partial charge in [-0.15, -0.1) is 0 Å². The van der Waals surface area contributed by atoms with E-state index in [9.17, 15) is 9.90 Å². The highest BCUT2D eigenvalue weighted by Crippen LogP contribution is 2.39. The van der Waals surface area contributed by atoms with Crippen molar-refractivity contribution in [1.82, 2.24) is 0 Å². The molecule has 0 bridgehead atoms. The molecule has 0 aliphatic rings. The summed E-state index contributed by atoms with van der Waals surface area (Å²) in [6.45, 7) is 10.2. The number of hydrogen-bond donors (Lipinski definition) is 1. The largest absolute Gasteiger partial charge is 0.516 e. The molecule has 1 N–H and O–H groups in total. The molecule has 24 heavy (non-hydrogen) atoms. The first-order valence-corrected chi connectivity index (χ1v) is 11.1. The van der Waals surface area contributed by atoms with Gasteiger partial charge in [-0.1, -0.05) is 81.4 Å². The van der Waals surface area contributed by atoms with Gasteiger partial charge in [-0.2, -0.15) is 0 Å². The van der Waals surface area contributed by atoms with E-state index in [1.165, 1.54) is 0 Å². The van der Waals surface area contributed by atoms with Crippen LogP contribution in [0.15, 0.2) is 60.7 Å². The fourth-order valence-corrected chi connectivity index (χ4v) is 3.14. The lowest BCUT2D eigenvalue weighted by Gasteiger charge is -2.38. The molecule has 3 nitrogen and oxygen atoms in total. The van der Waals surface area contributed by atoms with E-state index in [1.807, 2.05) is 49.5 Å². The van der Waals surface area contributed by atoms with Crippen molar-refractivity contribution in [2.75, 3.05) is 0 Å². The standard InChI is InChI=1S/C20H26O3Si/c1-19(2,3)24(4,5)23-18(21)20(22,16-12-8-6-9-13-16)17-14-10-7-11-15-17/h6-15,22H,1-5H3. The molecule has 0 aromatic heterocycles. The summed E-state index contributed by atoms with van der Waals surface area (Å²) in [5, 5.41) is 11.3. The van der Waals surface area contributed by atoms with Crippen LogP contribution in [0.4, 0.5) is 0 Å². The van der Waals surface area contributed by atoms with Gasteiger partial charge in [0.25, 0.3) is 8.32 Å². The first-order valence-electron chi connectivity index (χ1n) is 8.16. The van der Waals surface area contributed by atoms with Gasteiger partial charge in [-0.25, -0.2) is 4.79 Å². The Labute approximate surface area is 145 Å². The van der Waals surface area contributed by atoms with Crippen molar-refractivity contribution >= 4 is 14.3 Å². The third kappa shape index (κ3) is 3.45. The molecule has 0 saturated heterocycles. The maximum Gasteiger partial charge on any atom is 0.334 e. The van der Waals surface area contributed by atoms with Gasteiger partial charge in [0.05, 0.1) is 0 Å². The molecule has 0 atom stereocenters. The van der Waals surface area contributed by atoms with Crippen LogP contribution in [0, 0.1) is 0 Å². The quantitative estimate of drug-likeness (QED) is 0.834. The molecule has 0 amide bonds. The van der Waals surface area contributed by atoms with Gasteiger partial charge in [0.2, 0.25) is 5.60 Å². The van der Waals surface area contributed by atoms with Crippen LogP contribution in [0.1, 0.15) is 31.9 Å². The van der Waals surface area contributed by atoms with Gasteiger partial charge in [-0.05, 0) is 29.3 Å². The third-order valence-corrected chi connectivity index (χ3v) is 9.14. The minimum Gasteiger partial charge on any atom is -0.516 e. The van der Waals surface area contributed by atoms with Gasteiger partial charge in [0, 0.05) is 0 Å². The first kappa shape index (κ1) is 18.4. The van der Waals surface area contributed by atoms with Crippen molar-refractivity contribution in [3.63, 3.8) is 0 Å². The topological polar surface area (TPSA) is 46.5 Å². The van der Waals surface area contributed by atoms with E-state index in [4.69, 9.17) is 4.43 Å². The summed E-state index contributed by atoms with van der Waals surface area (Å²) in [4.78, 5) is 13.1. The third-order valence-electron chi connectivity index (χ3n) is 4.83. The highest BCUT2D eigenvalue weighted by molar-refractivity contribution is 6.75. The number of benzene rings is 2. The predicted octanol–water partition coefficient (Wildman–Crippen LogP) is 4.47. The summed E-state index contributed by atoms with van der Waals surface area (Å²) >= 11 is 0. The Balaban J connectivity index is 2.50. The second-order valence-corrected chi connectivity index (χ2v) is 12.3. The second kappa shape index (κ2) is 6.53. The van der Waals surface area contributed by atoms with E-state index in [0.717, 1.165) is 0 Å². The van der Waals surface area contributed by atoms with Crippen LogP contribution >= 0.6 is 0 Å². The van der Waals surface area contributed by atoms with Crippen LogP contribution in [0.2, 0.25) is 18.1 Å². The average molecular weight is 343 g/mol. The molecule has 2 aromatic carbocycles. The molecular weight excluding hydrogens is 316 g/mol.